The maximum absolute atomic E-state index is 2.54. The number of hydrogen-bond acceptors (Lipinski definition) is 1. The van der Waals surface area contributed by atoms with E-state index in [-0.39, 0.29) is 0 Å². The van der Waals surface area contributed by atoms with Crippen LogP contribution in [0.5, 0.6) is 0 Å². The zero-order valence-corrected chi connectivity index (χ0v) is 30.1. The molecule has 1 aliphatic carbocycles. The number of aromatic nitrogens is 2. The Bertz CT molecular complexity index is 3230. The number of allylic oxidation sites excluding steroid dienone is 4. The van der Waals surface area contributed by atoms with Gasteiger partial charge in [-0.15, -0.1) is 11.3 Å². The Balaban J connectivity index is 0.986. The SMILES string of the molecule is CC1C=CC2=C(C1)c1cc(-c3ccc(-n4c5ccccc5c5cc(-c6ccc7sc8ccccc8c7c6)ccc54)cc3)cc3c4ccccc4n(c13)C2. The summed E-state index contributed by atoms with van der Waals surface area (Å²) in [6.45, 7) is 3.29. The molecule has 0 spiro atoms. The van der Waals surface area contributed by atoms with Gasteiger partial charge >= 0.3 is 0 Å². The maximum atomic E-state index is 2.54. The molecule has 53 heavy (non-hydrogen) atoms. The van der Waals surface area contributed by atoms with E-state index >= 15 is 0 Å². The van der Waals surface area contributed by atoms with Gasteiger partial charge in [0.2, 0.25) is 0 Å². The molecule has 0 N–H and O–H groups in total. The fourth-order valence-corrected chi connectivity index (χ4v) is 10.5. The van der Waals surface area contributed by atoms with Crippen LogP contribution in [0.15, 0.2) is 163 Å². The highest BCUT2D eigenvalue weighted by Gasteiger charge is 2.26. The van der Waals surface area contributed by atoms with Gasteiger partial charge in [0, 0.05) is 65.0 Å². The second-order valence-corrected chi connectivity index (χ2v) is 16.1. The number of nitrogens with zero attached hydrogens (tertiary/aromatic N) is 2. The van der Waals surface area contributed by atoms with Crippen LogP contribution in [0.2, 0.25) is 0 Å². The van der Waals surface area contributed by atoms with Crippen molar-refractivity contribution in [1.82, 2.24) is 9.13 Å². The van der Waals surface area contributed by atoms with E-state index in [1.54, 1.807) is 0 Å². The van der Waals surface area contributed by atoms with E-state index in [1.165, 1.54) is 108 Å². The van der Waals surface area contributed by atoms with Crippen LogP contribution >= 0.6 is 11.3 Å². The summed E-state index contributed by atoms with van der Waals surface area (Å²) in [5, 5.41) is 7.92. The average molecular weight is 695 g/mol. The molecule has 4 heterocycles. The average Bonchev–Trinajstić information content (AvgIpc) is 3.86. The molecule has 250 valence electrons. The van der Waals surface area contributed by atoms with E-state index in [2.05, 4.69) is 174 Å². The van der Waals surface area contributed by atoms with E-state index in [0.717, 1.165) is 13.0 Å². The molecule has 1 aliphatic heterocycles. The second-order valence-electron chi connectivity index (χ2n) is 15.0. The Morgan fingerprint density at radius 2 is 1.17 bits per heavy atom. The molecule has 0 radical (unpaired) electrons. The van der Waals surface area contributed by atoms with Crippen LogP contribution in [0.4, 0.5) is 0 Å². The molecule has 7 aromatic carbocycles. The summed E-state index contributed by atoms with van der Waals surface area (Å²) >= 11 is 1.87. The first-order chi connectivity index (χ1) is 26.2. The minimum atomic E-state index is 0.551. The molecular formula is C50H34N2S. The summed E-state index contributed by atoms with van der Waals surface area (Å²) in [6, 6.07) is 54.6. The van der Waals surface area contributed by atoms with E-state index < -0.39 is 0 Å². The van der Waals surface area contributed by atoms with Gasteiger partial charge in [0.05, 0.1) is 16.6 Å². The first kappa shape index (κ1) is 29.4. The van der Waals surface area contributed by atoms with Gasteiger partial charge in [-0.3, -0.25) is 0 Å². The van der Waals surface area contributed by atoms with Gasteiger partial charge in [0.1, 0.15) is 0 Å². The third kappa shape index (κ3) is 4.26. The van der Waals surface area contributed by atoms with Gasteiger partial charge in [-0.1, -0.05) is 97.9 Å². The van der Waals surface area contributed by atoms with Gasteiger partial charge in [-0.2, -0.15) is 0 Å². The van der Waals surface area contributed by atoms with Crippen LogP contribution in [-0.2, 0) is 6.54 Å². The lowest BCUT2D eigenvalue weighted by Crippen LogP contribution is -2.13. The molecule has 3 heteroatoms. The molecule has 0 fully saturated rings. The summed E-state index contributed by atoms with van der Waals surface area (Å²) in [4.78, 5) is 0. The van der Waals surface area contributed by atoms with Crippen LogP contribution < -0.4 is 0 Å². The van der Waals surface area contributed by atoms with Crippen molar-refractivity contribution in [3.05, 3.63) is 169 Å². The molecule has 0 saturated carbocycles. The fourth-order valence-electron chi connectivity index (χ4n) is 9.39. The number of benzene rings is 7. The molecule has 0 bridgehead atoms. The van der Waals surface area contributed by atoms with Crippen molar-refractivity contribution < 1.29 is 0 Å². The lowest BCUT2D eigenvalue weighted by atomic mass is 9.83. The first-order valence-corrected chi connectivity index (χ1v) is 19.5. The zero-order chi connectivity index (χ0) is 34.8. The maximum Gasteiger partial charge on any atom is 0.0571 e. The Hall–Kier alpha value is -6.16. The highest BCUT2D eigenvalue weighted by molar-refractivity contribution is 7.25. The van der Waals surface area contributed by atoms with Gasteiger partial charge in [-0.25, -0.2) is 0 Å². The normalized spacial score (nSPS) is 15.5. The monoisotopic (exact) mass is 694 g/mol. The van der Waals surface area contributed by atoms with Crippen LogP contribution in [0, 0.1) is 5.92 Å². The van der Waals surface area contributed by atoms with Crippen LogP contribution in [0.3, 0.4) is 0 Å². The minimum absolute atomic E-state index is 0.551. The largest absolute Gasteiger partial charge is 0.335 e. The molecule has 1 atom stereocenters. The minimum Gasteiger partial charge on any atom is -0.335 e. The Labute approximate surface area is 311 Å². The van der Waals surface area contributed by atoms with E-state index in [0.29, 0.717) is 5.92 Å². The predicted molar refractivity (Wildman–Crippen MR) is 227 cm³/mol. The molecule has 12 rings (SSSR count). The summed E-state index contributed by atoms with van der Waals surface area (Å²) in [6.07, 6.45) is 5.86. The molecular weight excluding hydrogens is 661 g/mol. The highest BCUT2D eigenvalue weighted by Crippen LogP contribution is 2.46. The molecule has 3 aromatic heterocycles. The standard InChI is InChI=1S/C50H34N2S/c1-30-14-15-34-29-51-45-11-5-2-9-38(45)43-27-35(28-44(50(43)51)40(34)24-30)31-16-20-36(21-17-31)52-46-12-6-3-8-37(46)41-25-32(18-22-47(41)52)33-19-23-49-42(26-33)39-10-4-7-13-48(39)53-49/h2-23,25-28,30H,24,29H2,1H3. The van der Waals surface area contributed by atoms with Crippen molar-refractivity contribution in [2.24, 2.45) is 5.92 Å². The summed E-state index contributed by atoms with van der Waals surface area (Å²) in [7, 11) is 0. The van der Waals surface area contributed by atoms with Gasteiger partial charge in [0.15, 0.2) is 0 Å². The van der Waals surface area contributed by atoms with E-state index in [4.69, 9.17) is 0 Å². The number of rotatable bonds is 3. The summed E-state index contributed by atoms with van der Waals surface area (Å²) in [5.41, 5.74) is 15.7. The first-order valence-electron chi connectivity index (χ1n) is 18.7. The van der Waals surface area contributed by atoms with Crippen LogP contribution in [0.25, 0.3) is 97.3 Å². The summed E-state index contributed by atoms with van der Waals surface area (Å²) in [5.74, 6) is 0.551. The third-order valence-electron chi connectivity index (χ3n) is 11.9. The molecule has 0 saturated heterocycles. The number of fused-ring (bicyclic) bond motifs is 10. The third-order valence-corrected chi connectivity index (χ3v) is 13.1. The van der Waals surface area contributed by atoms with E-state index in [1.807, 2.05) is 11.3 Å². The fraction of sp³-hybridized carbons (Fsp3) is 0.0800. The predicted octanol–water partition coefficient (Wildman–Crippen LogP) is 14.0. The topological polar surface area (TPSA) is 9.86 Å². The van der Waals surface area contributed by atoms with Gasteiger partial charge < -0.3 is 9.13 Å². The Morgan fingerprint density at radius 3 is 2.02 bits per heavy atom. The van der Waals surface area contributed by atoms with Gasteiger partial charge in [-0.05, 0) is 112 Å². The van der Waals surface area contributed by atoms with Crippen molar-refractivity contribution in [2.45, 2.75) is 19.9 Å². The lowest BCUT2D eigenvalue weighted by molar-refractivity contribution is 0.725. The quantitative estimate of drug-likeness (QED) is 0.174. The Kier molecular flexibility index (Phi) is 6.07. The van der Waals surface area contributed by atoms with Crippen LogP contribution in [0.1, 0.15) is 18.9 Å². The second kappa shape index (κ2) is 10.9. The van der Waals surface area contributed by atoms with Gasteiger partial charge in [0.25, 0.3) is 0 Å². The van der Waals surface area contributed by atoms with Crippen LogP contribution in [-0.4, -0.2) is 9.13 Å². The lowest BCUT2D eigenvalue weighted by Gasteiger charge is -2.27. The number of para-hydroxylation sites is 2. The number of thiophene rings is 1. The molecule has 10 aromatic rings. The van der Waals surface area contributed by atoms with E-state index in [9.17, 15) is 0 Å². The molecule has 0 amide bonds. The van der Waals surface area contributed by atoms with Crippen molar-refractivity contribution in [2.75, 3.05) is 0 Å². The molecule has 2 nitrogen and oxygen atoms in total. The van der Waals surface area contributed by atoms with Crippen molar-refractivity contribution >= 4 is 80.7 Å². The number of hydrogen-bond donors (Lipinski definition) is 0. The highest BCUT2D eigenvalue weighted by atomic mass is 32.1. The summed E-state index contributed by atoms with van der Waals surface area (Å²) < 4.78 is 7.66. The van der Waals surface area contributed by atoms with Crippen molar-refractivity contribution in [1.29, 1.82) is 0 Å². The molecule has 2 aliphatic rings. The van der Waals surface area contributed by atoms with Crippen molar-refractivity contribution in [3.63, 3.8) is 0 Å². The smallest absolute Gasteiger partial charge is 0.0571 e. The van der Waals surface area contributed by atoms with Crippen molar-refractivity contribution in [3.8, 4) is 27.9 Å². The molecule has 1 unspecified atom stereocenters. The zero-order valence-electron chi connectivity index (χ0n) is 29.3. The Morgan fingerprint density at radius 1 is 0.528 bits per heavy atom.